The Kier molecular flexibility index (Phi) is 4.71. The summed E-state index contributed by atoms with van der Waals surface area (Å²) in [5, 5.41) is 2.95. The van der Waals surface area contributed by atoms with Crippen molar-refractivity contribution in [1.29, 1.82) is 0 Å². The topological polar surface area (TPSA) is 42.0 Å². The van der Waals surface area contributed by atoms with Gasteiger partial charge in [-0.2, -0.15) is 0 Å². The van der Waals surface area contributed by atoms with Crippen LogP contribution in [0.2, 0.25) is 0 Å². The summed E-state index contributed by atoms with van der Waals surface area (Å²) < 4.78 is 1.69. The van der Waals surface area contributed by atoms with E-state index in [1.807, 2.05) is 31.2 Å². The summed E-state index contributed by atoms with van der Waals surface area (Å²) in [5.41, 5.74) is 1.59. The molecule has 0 spiro atoms. The fourth-order valence-electron chi connectivity index (χ4n) is 1.66. The molecular weight excluding hydrogens is 372 g/mol. The highest BCUT2D eigenvalue weighted by Crippen LogP contribution is 2.22. The summed E-state index contributed by atoms with van der Waals surface area (Å²) in [6.07, 6.45) is 3.46. The van der Waals surface area contributed by atoms with Gasteiger partial charge in [0.15, 0.2) is 0 Å². The molecule has 1 N–H and O–H groups in total. The third kappa shape index (κ3) is 3.64. The van der Waals surface area contributed by atoms with Gasteiger partial charge in [0.2, 0.25) is 0 Å². The Bertz CT molecular complexity index is 587. The van der Waals surface area contributed by atoms with Crippen LogP contribution in [0.1, 0.15) is 28.9 Å². The molecule has 0 bridgehead atoms. The van der Waals surface area contributed by atoms with Gasteiger partial charge in [-0.05, 0) is 52.7 Å². The molecule has 3 nitrogen and oxygen atoms in total. The van der Waals surface area contributed by atoms with Crippen molar-refractivity contribution in [1.82, 2.24) is 10.3 Å². The van der Waals surface area contributed by atoms with Gasteiger partial charge in [-0.1, -0.05) is 22.0 Å². The maximum absolute atomic E-state index is 12.2. The molecule has 0 aliphatic heterocycles. The molecular formula is C14H12Br2N2O. The van der Waals surface area contributed by atoms with Crippen LogP contribution in [0.3, 0.4) is 0 Å². The number of nitrogens with zero attached hydrogens (tertiary/aromatic N) is 1. The van der Waals surface area contributed by atoms with Crippen LogP contribution < -0.4 is 5.32 Å². The summed E-state index contributed by atoms with van der Waals surface area (Å²) >= 11 is 6.75. The van der Waals surface area contributed by atoms with Crippen LogP contribution >= 0.6 is 31.9 Å². The fourth-order valence-corrected chi connectivity index (χ4v) is 2.89. The SMILES string of the molecule is CC(NC(=O)c1ccc(Br)cc1Br)c1cccnc1. The molecule has 5 heteroatoms. The van der Waals surface area contributed by atoms with Gasteiger partial charge in [0.25, 0.3) is 5.91 Å². The van der Waals surface area contributed by atoms with Crippen molar-refractivity contribution in [3.05, 3.63) is 62.8 Å². The molecule has 2 rings (SSSR count). The highest BCUT2D eigenvalue weighted by molar-refractivity contribution is 9.11. The minimum absolute atomic E-state index is 0.0863. The third-order valence-corrected chi connectivity index (χ3v) is 3.86. The lowest BCUT2D eigenvalue weighted by atomic mass is 10.1. The quantitative estimate of drug-likeness (QED) is 0.866. The molecule has 1 unspecified atom stereocenters. The van der Waals surface area contributed by atoms with Gasteiger partial charge in [-0.15, -0.1) is 0 Å². The van der Waals surface area contributed by atoms with Gasteiger partial charge in [-0.3, -0.25) is 9.78 Å². The third-order valence-electron chi connectivity index (χ3n) is 2.71. The van der Waals surface area contributed by atoms with Gasteiger partial charge in [0, 0.05) is 21.3 Å². The zero-order valence-corrected chi connectivity index (χ0v) is 13.4. The van der Waals surface area contributed by atoms with E-state index >= 15 is 0 Å². The number of amides is 1. The van der Waals surface area contributed by atoms with E-state index in [9.17, 15) is 4.79 Å². The average molecular weight is 384 g/mol. The van der Waals surface area contributed by atoms with E-state index in [0.717, 1.165) is 14.5 Å². The number of nitrogens with one attached hydrogen (secondary N) is 1. The average Bonchev–Trinajstić information content (AvgIpc) is 2.39. The van der Waals surface area contributed by atoms with Crippen molar-refractivity contribution in [3.63, 3.8) is 0 Å². The molecule has 1 amide bonds. The number of carbonyl (C=O) groups is 1. The van der Waals surface area contributed by atoms with Gasteiger partial charge in [-0.25, -0.2) is 0 Å². The molecule has 0 fully saturated rings. The summed E-state index contributed by atoms with van der Waals surface area (Å²) in [6.45, 7) is 1.93. The molecule has 98 valence electrons. The Balaban J connectivity index is 2.13. The number of pyridine rings is 1. The largest absolute Gasteiger partial charge is 0.345 e. The molecule has 0 aliphatic rings. The van der Waals surface area contributed by atoms with E-state index in [0.29, 0.717) is 5.56 Å². The molecule has 1 aromatic heterocycles. The lowest BCUT2D eigenvalue weighted by Crippen LogP contribution is -2.27. The number of carbonyl (C=O) groups excluding carboxylic acids is 1. The van der Waals surface area contributed by atoms with Crippen molar-refractivity contribution in [2.45, 2.75) is 13.0 Å². The number of hydrogen-bond acceptors (Lipinski definition) is 2. The normalized spacial score (nSPS) is 11.9. The fraction of sp³-hybridized carbons (Fsp3) is 0.143. The monoisotopic (exact) mass is 382 g/mol. The van der Waals surface area contributed by atoms with Crippen LogP contribution in [0.15, 0.2) is 51.7 Å². The molecule has 1 atom stereocenters. The first-order valence-electron chi connectivity index (χ1n) is 5.74. The highest BCUT2D eigenvalue weighted by Gasteiger charge is 2.14. The highest BCUT2D eigenvalue weighted by atomic mass is 79.9. The van der Waals surface area contributed by atoms with Crippen molar-refractivity contribution < 1.29 is 4.79 Å². The van der Waals surface area contributed by atoms with Gasteiger partial charge in [0.05, 0.1) is 11.6 Å². The Hall–Kier alpha value is -1.20. The lowest BCUT2D eigenvalue weighted by Gasteiger charge is -2.14. The van der Waals surface area contributed by atoms with Crippen LogP contribution in [0.5, 0.6) is 0 Å². The zero-order chi connectivity index (χ0) is 13.8. The van der Waals surface area contributed by atoms with E-state index < -0.39 is 0 Å². The van der Waals surface area contributed by atoms with Crippen molar-refractivity contribution in [2.24, 2.45) is 0 Å². The van der Waals surface area contributed by atoms with Crippen molar-refractivity contribution >= 4 is 37.8 Å². The van der Waals surface area contributed by atoms with E-state index in [4.69, 9.17) is 0 Å². The Labute approximate surface area is 128 Å². The Morgan fingerprint density at radius 1 is 1.32 bits per heavy atom. The molecule has 0 aliphatic carbocycles. The number of halogens is 2. The molecule has 2 aromatic rings. The van der Waals surface area contributed by atoms with Crippen molar-refractivity contribution in [3.8, 4) is 0 Å². The maximum atomic E-state index is 12.2. The van der Waals surface area contributed by atoms with Crippen LogP contribution in [0, 0.1) is 0 Å². The number of aromatic nitrogens is 1. The van der Waals surface area contributed by atoms with Gasteiger partial charge in [0.1, 0.15) is 0 Å². The second-order valence-corrected chi connectivity index (χ2v) is 5.88. The molecule has 1 aromatic carbocycles. The van der Waals surface area contributed by atoms with Crippen LogP contribution in [0.25, 0.3) is 0 Å². The number of rotatable bonds is 3. The van der Waals surface area contributed by atoms with Crippen molar-refractivity contribution in [2.75, 3.05) is 0 Å². The summed E-state index contributed by atoms with van der Waals surface area (Å²) in [6, 6.07) is 9.18. The van der Waals surface area contributed by atoms with E-state index in [-0.39, 0.29) is 11.9 Å². The lowest BCUT2D eigenvalue weighted by molar-refractivity contribution is 0.0939. The summed E-state index contributed by atoms with van der Waals surface area (Å²) in [7, 11) is 0. The van der Waals surface area contributed by atoms with Gasteiger partial charge >= 0.3 is 0 Å². The van der Waals surface area contributed by atoms with Crippen LogP contribution in [0.4, 0.5) is 0 Å². The number of hydrogen-bond donors (Lipinski definition) is 1. The molecule has 0 saturated carbocycles. The second kappa shape index (κ2) is 6.30. The maximum Gasteiger partial charge on any atom is 0.252 e. The first-order chi connectivity index (χ1) is 9.08. The van der Waals surface area contributed by atoms with Crippen LogP contribution in [-0.2, 0) is 0 Å². The smallest absolute Gasteiger partial charge is 0.252 e. The van der Waals surface area contributed by atoms with E-state index in [1.54, 1.807) is 18.5 Å². The summed E-state index contributed by atoms with van der Waals surface area (Å²) in [4.78, 5) is 16.2. The number of benzene rings is 1. The predicted molar refractivity (Wildman–Crippen MR) is 82.0 cm³/mol. The first-order valence-corrected chi connectivity index (χ1v) is 7.32. The van der Waals surface area contributed by atoms with E-state index in [1.165, 1.54) is 0 Å². The first kappa shape index (κ1) is 14.2. The minimum Gasteiger partial charge on any atom is -0.345 e. The predicted octanol–water partition coefficient (Wildman–Crippen LogP) is 4.10. The minimum atomic E-state index is -0.115. The Morgan fingerprint density at radius 3 is 2.74 bits per heavy atom. The van der Waals surface area contributed by atoms with Crippen LogP contribution in [-0.4, -0.2) is 10.9 Å². The van der Waals surface area contributed by atoms with E-state index in [2.05, 4.69) is 42.2 Å². The van der Waals surface area contributed by atoms with Gasteiger partial charge < -0.3 is 5.32 Å². The molecule has 1 heterocycles. The second-order valence-electron chi connectivity index (χ2n) is 4.11. The zero-order valence-electron chi connectivity index (χ0n) is 10.2. The molecule has 0 radical (unpaired) electrons. The Morgan fingerprint density at radius 2 is 2.11 bits per heavy atom. The summed E-state index contributed by atoms with van der Waals surface area (Å²) in [5.74, 6) is -0.115. The molecule has 0 saturated heterocycles. The standard InChI is InChI=1S/C14H12Br2N2O/c1-9(10-3-2-6-17-8-10)18-14(19)12-5-4-11(15)7-13(12)16/h2-9H,1H3,(H,18,19). The molecule has 19 heavy (non-hydrogen) atoms.